The minimum Gasteiger partial charge on any atom is -0.489 e. The summed E-state index contributed by atoms with van der Waals surface area (Å²) in [5, 5.41) is 3.30. The molecule has 152 valence electrons. The Bertz CT molecular complexity index is 928. The van der Waals surface area contributed by atoms with Gasteiger partial charge in [-0.2, -0.15) is 0 Å². The van der Waals surface area contributed by atoms with E-state index in [1.165, 1.54) is 11.1 Å². The molecule has 0 saturated heterocycles. The van der Waals surface area contributed by atoms with Crippen molar-refractivity contribution in [1.82, 2.24) is 0 Å². The largest absolute Gasteiger partial charge is 0.489 e. The zero-order chi connectivity index (χ0) is 21.0. The van der Waals surface area contributed by atoms with Gasteiger partial charge in [0.05, 0.1) is 0 Å². The standard InChI is InChI=1S/C16H18O.C12H11N/c1-13(2)15-8-10-16(11-9-15)17-12-14-6-4-3-5-7-14;1-3-7-11(8-4-1)13-12-9-5-2-6-10-12/h3-11,13H,12H2,1-2H3;1-10,13H. The monoisotopic (exact) mass is 395 g/mol. The number of rotatable bonds is 6. The molecule has 0 aliphatic heterocycles. The fourth-order valence-electron chi connectivity index (χ4n) is 2.90. The van der Waals surface area contributed by atoms with Crippen LogP contribution < -0.4 is 10.1 Å². The van der Waals surface area contributed by atoms with E-state index in [9.17, 15) is 0 Å². The topological polar surface area (TPSA) is 21.3 Å². The highest BCUT2D eigenvalue weighted by atomic mass is 16.5. The third-order valence-electron chi connectivity index (χ3n) is 4.63. The van der Waals surface area contributed by atoms with Crippen molar-refractivity contribution < 1.29 is 4.74 Å². The number of hydrogen-bond acceptors (Lipinski definition) is 2. The van der Waals surface area contributed by atoms with Gasteiger partial charge in [-0.3, -0.25) is 0 Å². The van der Waals surface area contributed by atoms with Crippen molar-refractivity contribution in [1.29, 1.82) is 0 Å². The molecule has 30 heavy (non-hydrogen) atoms. The molecule has 4 rings (SSSR count). The maximum absolute atomic E-state index is 5.73. The average molecular weight is 396 g/mol. The molecule has 0 aliphatic rings. The van der Waals surface area contributed by atoms with E-state index in [1.54, 1.807) is 0 Å². The minimum atomic E-state index is 0.568. The van der Waals surface area contributed by atoms with Crippen LogP contribution >= 0.6 is 0 Å². The molecule has 0 atom stereocenters. The summed E-state index contributed by atoms with van der Waals surface area (Å²) < 4.78 is 5.73. The molecule has 2 nitrogen and oxygen atoms in total. The summed E-state index contributed by atoms with van der Waals surface area (Å²) >= 11 is 0. The number of benzene rings is 4. The maximum Gasteiger partial charge on any atom is 0.119 e. The predicted octanol–water partition coefficient (Wildman–Crippen LogP) is 7.82. The molecule has 0 saturated carbocycles. The first-order valence-electron chi connectivity index (χ1n) is 10.3. The maximum atomic E-state index is 5.73. The molecule has 4 aromatic carbocycles. The molecule has 0 spiro atoms. The molecule has 0 bridgehead atoms. The Morgan fingerprint density at radius 2 is 1.07 bits per heavy atom. The average Bonchev–Trinajstić information content (AvgIpc) is 2.80. The van der Waals surface area contributed by atoms with Gasteiger partial charge in [0.15, 0.2) is 0 Å². The van der Waals surface area contributed by atoms with E-state index < -0.39 is 0 Å². The molecule has 4 aromatic rings. The summed E-state index contributed by atoms with van der Waals surface area (Å²) in [6.07, 6.45) is 0. The third-order valence-corrected chi connectivity index (χ3v) is 4.63. The van der Waals surface area contributed by atoms with Gasteiger partial charge in [0, 0.05) is 11.4 Å². The predicted molar refractivity (Wildman–Crippen MR) is 127 cm³/mol. The Labute approximate surface area is 180 Å². The first kappa shape index (κ1) is 21.2. The van der Waals surface area contributed by atoms with E-state index >= 15 is 0 Å². The van der Waals surface area contributed by atoms with Gasteiger partial charge in [-0.15, -0.1) is 0 Å². The molecule has 0 aliphatic carbocycles. The fraction of sp³-hybridized carbons (Fsp3) is 0.143. The summed E-state index contributed by atoms with van der Waals surface area (Å²) in [5.74, 6) is 1.50. The second kappa shape index (κ2) is 11.5. The highest BCUT2D eigenvalue weighted by molar-refractivity contribution is 5.58. The van der Waals surface area contributed by atoms with Crippen molar-refractivity contribution in [2.24, 2.45) is 0 Å². The Hall–Kier alpha value is -3.52. The van der Waals surface area contributed by atoms with Gasteiger partial charge in [0.25, 0.3) is 0 Å². The molecule has 0 aromatic heterocycles. The summed E-state index contributed by atoms with van der Waals surface area (Å²) in [5.41, 5.74) is 4.78. The van der Waals surface area contributed by atoms with Crippen molar-refractivity contribution in [3.63, 3.8) is 0 Å². The molecule has 0 fully saturated rings. The molecule has 1 N–H and O–H groups in total. The fourth-order valence-corrected chi connectivity index (χ4v) is 2.90. The highest BCUT2D eigenvalue weighted by Gasteiger charge is 1.99. The van der Waals surface area contributed by atoms with Crippen LogP contribution in [-0.4, -0.2) is 0 Å². The lowest BCUT2D eigenvalue weighted by molar-refractivity contribution is 0.306. The van der Waals surface area contributed by atoms with Crippen molar-refractivity contribution >= 4 is 11.4 Å². The van der Waals surface area contributed by atoms with Crippen molar-refractivity contribution in [3.05, 3.63) is 126 Å². The number of nitrogens with one attached hydrogen (secondary N) is 1. The first-order chi connectivity index (χ1) is 14.7. The van der Waals surface area contributed by atoms with Crippen LogP contribution in [0.2, 0.25) is 0 Å². The van der Waals surface area contributed by atoms with Gasteiger partial charge in [0.1, 0.15) is 12.4 Å². The number of hydrogen-bond donors (Lipinski definition) is 1. The van der Waals surface area contributed by atoms with Gasteiger partial charge in [-0.1, -0.05) is 92.7 Å². The van der Waals surface area contributed by atoms with Crippen LogP contribution in [-0.2, 0) is 6.61 Å². The SMILES string of the molecule is CC(C)c1ccc(OCc2ccccc2)cc1.c1ccc(Nc2ccccc2)cc1. The quantitative estimate of drug-likeness (QED) is 0.359. The van der Waals surface area contributed by atoms with Crippen molar-refractivity contribution in [3.8, 4) is 5.75 Å². The molecule has 2 heteroatoms. The second-order valence-electron chi connectivity index (χ2n) is 7.36. The lowest BCUT2D eigenvalue weighted by Gasteiger charge is -2.08. The van der Waals surface area contributed by atoms with Gasteiger partial charge in [-0.25, -0.2) is 0 Å². The van der Waals surface area contributed by atoms with Crippen LogP contribution in [0.3, 0.4) is 0 Å². The van der Waals surface area contributed by atoms with Gasteiger partial charge in [0.2, 0.25) is 0 Å². The normalized spacial score (nSPS) is 10.1. The van der Waals surface area contributed by atoms with E-state index in [2.05, 4.69) is 43.4 Å². The number of ether oxygens (including phenoxy) is 1. The van der Waals surface area contributed by atoms with Crippen LogP contribution in [0.15, 0.2) is 115 Å². The zero-order valence-electron chi connectivity index (χ0n) is 17.7. The van der Waals surface area contributed by atoms with Crippen molar-refractivity contribution in [2.75, 3.05) is 5.32 Å². The van der Waals surface area contributed by atoms with Gasteiger partial charge in [-0.05, 0) is 53.4 Å². The van der Waals surface area contributed by atoms with E-state index in [4.69, 9.17) is 4.74 Å². The number of para-hydroxylation sites is 2. The Morgan fingerprint density at radius 3 is 1.53 bits per heavy atom. The molecule has 0 heterocycles. The Morgan fingerprint density at radius 1 is 0.600 bits per heavy atom. The van der Waals surface area contributed by atoms with Gasteiger partial charge < -0.3 is 10.1 Å². The third kappa shape index (κ3) is 7.14. The molecule has 0 radical (unpaired) electrons. The van der Waals surface area contributed by atoms with E-state index in [1.807, 2.05) is 91.0 Å². The van der Waals surface area contributed by atoms with Crippen LogP contribution in [0.4, 0.5) is 11.4 Å². The number of anilines is 2. The summed E-state index contributed by atoms with van der Waals surface area (Å²) in [7, 11) is 0. The molecule has 0 unspecified atom stereocenters. The lowest BCUT2D eigenvalue weighted by atomic mass is 10.0. The summed E-state index contributed by atoms with van der Waals surface area (Å²) in [6, 6.07) is 38.8. The van der Waals surface area contributed by atoms with Gasteiger partial charge >= 0.3 is 0 Å². The van der Waals surface area contributed by atoms with Crippen LogP contribution in [0, 0.1) is 0 Å². The van der Waals surface area contributed by atoms with Crippen molar-refractivity contribution in [2.45, 2.75) is 26.4 Å². The van der Waals surface area contributed by atoms with E-state index in [-0.39, 0.29) is 0 Å². The van der Waals surface area contributed by atoms with Crippen LogP contribution in [0.5, 0.6) is 5.75 Å². The second-order valence-corrected chi connectivity index (χ2v) is 7.36. The highest BCUT2D eigenvalue weighted by Crippen LogP contribution is 2.19. The Balaban J connectivity index is 0.000000177. The zero-order valence-corrected chi connectivity index (χ0v) is 17.7. The van der Waals surface area contributed by atoms with Crippen LogP contribution in [0.1, 0.15) is 30.9 Å². The smallest absolute Gasteiger partial charge is 0.119 e. The summed E-state index contributed by atoms with van der Waals surface area (Å²) in [6.45, 7) is 5.02. The first-order valence-corrected chi connectivity index (χ1v) is 10.3. The van der Waals surface area contributed by atoms with Crippen LogP contribution in [0.25, 0.3) is 0 Å². The Kier molecular flexibility index (Phi) is 8.11. The minimum absolute atomic E-state index is 0.568. The molecule has 0 amide bonds. The van der Waals surface area contributed by atoms with E-state index in [0.717, 1.165) is 17.1 Å². The lowest BCUT2D eigenvalue weighted by Crippen LogP contribution is -1.95. The molecular weight excluding hydrogens is 366 g/mol. The summed E-state index contributed by atoms with van der Waals surface area (Å²) in [4.78, 5) is 0. The molecular formula is C28H29NO. The van der Waals surface area contributed by atoms with E-state index in [0.29, 0.717) is 12.5 Å².